The fourth-order valence-electron chi connectivity index (χ4n) is 4.21. The second-order valence-electron chi connectivity index (χ2n) is 8.51. The highest BCUT2D eigenvalue weighted by Gasteiger charge is 2.44. The lowest BCUT2D eigenvalue weighted by Gasteiger charge is -2.40. The Morgan fingerprint density at radius 3 is 2.42 bits per heavy atom. The molecule has 8 nitrogen and oxygen atoms in total. The van der Waals surface area contributed by atoms with Gasteiger partial charge in [-0.3, -0.25) is 0 Å². The minimum atomic E-state index is -1.44. The smallest absolute Gasteiger partial charge is 0.129 e. The Balaban J connectivity index is 1.47. The second kappa shape index (κ2) is 10.7. The van der Waals surface area contributed by atoms with Gasteiger partial charge in [-0.05, 0) is 41.3 Å². The van der Waals surface area contributed by atoms with Crippen molar-refractivity contribution in [2.45, 2.75) is 55.6 Å². The molecule has 0 saturated carbocycles. The highest BCUT2D eigenvalue weighted by atomic mass is 35.5. The topological polar surface area (TPSA) is 129 Å². The maximum absolute atomic E-state index is 10.4. The molecule has 2 saturated heterocycles. The molecule has 2 aliphatic rings. The third kappa shape index (κ3) is 5.50. The summed E-state index contributed by atoms with van der Waals surface area (Å²) in [6, 6.07) is 12.7. The van der Waals surface area contributed by atoms with Gasteiger partial charge >= 0.3 is 0 Å². The molecule has 2 aromatic carbocycles. The second-order valence-corrected chi connectivity index (χ2v) is 8.92. The van der Waals surface area contributed by atoms with Gasteiger partial charge in [-0.15, -0.1) is 0 Å². The number of hydrogen-bond donors (Lipinski definition) is 5. The summed E-state index contributed by atoms with van der Waals surface area (Å²) < 4.78 is 16.8. The minimum Gasteiger partial charge on any atom is -0.488 e. The molecule has 4 rings (SSSR count). The Labute approximate surface area is 196 Å². The quantitative estimate of drug-likeness (QED) is 0.414. The van der Waals surface area contributed by atoms with Crippen LogP contribution in [0.4, 0.5) is 0 Å². The normalized spacial score (nSPS) is 32.5. The van der Waals surface area contributed by atoms with Crippen molar-refractivity contribution >= 4 is 11.6 Å². The maximum atomic E-state index is 10.4. The van der Waals surface area contributed by atoms with Crippen LogP contribution in [-0.4, -0.2) is 82.0 Å². The molecular weight excluding hydrogens is 452 g/mol. The summed E-state index contributed by atoms with van der Waals surface area (Å²) in [6.07, 6.45) is -5.91. The van der Waals surface area contributed by atoms with E-state index in [0.29, 0.717) is 35.8 Å². The Bertz CT molecular complexity index is 921. The van der Waals surface area contributed by atoms with Gasteiger partial charge in [0.05, 0.1) is 19.8 Å². The van der Waals surface area contributed by atoms with Gasteiger partial charge in [0, 0.05) is 11.4 Å². The van der Waals surface area contributed by atoms with Crippen molar-refractivity contribution in [2.75, 3.05) is 19.8 Å². The molecule has 3 unspecified atom stereocenters. The van der Waals surface area contributed by atoms with E-state index in [1.54, 1.807) is 18.2 Å². The first kappa shape index (κ1) is 24.4. The van der Waals surface area contributed by atoms with Gasteiger partial charge in [-0.25, -0.2) is 0 Å². The van der Waals surface area contributed by atoms with Crippen LogP contribution in [0.15, 0.2) is 42.5 Å². The SMILES string of the molecule is OC[C@H]1O[C@@H](c2ccc(Cl)c(Cc3ccc(OC4CCOCC4O)cc3)c2)[C@H](O)C(O)[C@@H]1O. The van der Waals surface area contributed by atoms with Gasteiger partial charge in [0.1, 0.15) is 48.5 Å². The van der Waals surface area contributed by atoms with Crippen LogP contribution in [0.1, 0.15) is 29.2 Å². The van der Waals surface area contributed by atoms with Crippen molar-refractivity contribution in [3.05, 3.63) is 64.2 Å². The third-order valence-corrected chi connectivity index (χ3v) is 6.53. The number of benzene rings is 2. The van der Waals surface area contributed by atoms with E-state index >= 15 is 0 Å². The number of ether oxygens (including phenoxy) is 3. The van der Waals surface area contributed by atoms with E-state index in [1.807, 2.05) is 24.3 Å². The number of rotatable bonds is 6. The lowest BCUT2D eigenvalue weighted by molar-refractivity contribution is -0.231. The van der Waals surface area contributed by atoms with Gasteiger partial charge in [0.15, 0.2) is 0 Å². The summed E-state index contributed by atoms with van der Waals surface area (Å²) in [5.41, 5.74) is 2.35. The molecule has 33 heavy (non-hydrogen) atoms. The Kier molecular flexibility index (Phi) is 7.88. The molecule has 0 bridgehead atoms. The average molecular weight is 481 g/mol. The van der Waals surface area contributed by atoms with Crippen LogP contribution in [0.2, 0.25) is 5.02 Å². The average Bonchev–Trinajstić information content (AvgIpc) is 2.82. The first-order chi connectivity index (χ1) is 15.9. The predicted octanol–water partition coefficient (Wildman–Crippen LogP) is 0.974. The van der Waals surface area contributed by atoms with Crippen LogP contribution >= 0.6 is 11.6 Å². The van der Waals surface area contributed by atoms with Crippen molar-refractivity contribution in [3.8, 4) is 5.75 Å². The minimum absolute atomic E-state index is 0.270. The van der Waals surface area contributed by atoms with Crippen LogP contribution in [0.3, 0.4) is 0 Å². The van der Waals surface area contributed by atoms with Crippen molar-refractivity contribution in [1.29, 1.82) is 0 Å². The summed E-state index contributed by atoms with van der Waals surface area (Å²) >= 11 is 6.41. The van der Waals surface area contributed by atoms with E-state index in [0.717, 1.165) is 11.1 Å². The summed E-state index contributed by atoms with van der Waals surface area (Å²) in [7, 11) is 0. The van der Waals surface area contributed by atoms with Gasteiger partial charge in [0.2, 0.25) is 0 Å². The zero-order valence-corrected chi connectivity index (χ0v) is 18.7. The van der Waals surface area contributed by atoms with E-state index < -0.39 is 43.2 Å². The fraction of sp³-hybridized carbons (Fsp3) is 0.500. The molecule has 2 heterocycles. The van der Waals surface area contributed by atoms with E-state index in [9.17, 15) is 25.5 Å². The molecule has 180 valence electrons. The van der Waals surface area contributed by atoms with E-state index in [-0.39, 0.29) is 12.7 Å². The molecule has 9 heteroatoms. The molecule has 0 aromatic heterocycles. The lowest BCUT2D eigenvalue weighted by atomic mass is 9.90. The van der Waals surface area contributed by atoms with E-state index in [1.165, 1.54) is 0 Å². The van der Waals surface area contributed by atoms with Crippen LogP contribution < -0.4 is 4.74 Å². The van der Waals surface area contributed by atoms with Crippen molar-refractivity contribution in [2.24, 2.45) is 0 Å². The highest BCUT2D eigenvalue weighted by molar-refractivity contribution is 6.31. The molecule has 2 aliphatic heterocycles. The number of aliphatic hydroxyl groups is 5. The summed E-state index contributed by atoms with van der Waals surface area (Å²) in [5, 5.41) is 50.5. The van der Waals surface area contributed by atoms with Crippen LogP contribution in [-0.2, 0) is 15.9 Å². The van der Waals surface area contributed by atoms with Crippen LogP contribution in [0, 0.1) is 0 Å². The molecule has 0 spiro atoms. The molecule has 2 aromatic rings. The molecule has 5 N–H and O–H groups in total. The molecular formula is C24H29ClO8. The summed E-state index contributed by atoms with van der Waals surface area (Å²) in [6.45, 7) is 0.344. The van der Waals surface area contributed by atoms with Gasteiger partial charge in [-0.2, -0.15) is 0 Å². The van der Waals surface area contributed by atoms with Crippen molar-refractivity contribution in [3.63, 3.8) is 0 Å². The van der Waals surface area contributed by atoms with Gasteiger partial charge < -0.3 is 39.7 Å². The standard InChI is InChI=1S/C24H29ClO8/c25-17-6-3-14(24-23(30)22(29)21(28)20(11-26)33-24)10-15(17)9-13-1-4-16(5-2-13)32-19-7-8-31-12-18(19)27/h1-6,10,18-24,26-30H,7-9,11-12H2/t18?,19?,20-,21-,22?,23-,24+/m1/s1. The fourth-order valence-corrected chi connectivity index (χ4v) is 4.39. The number of aliphatic hydroxyl groups excluding tert-OH is 5. The third-order valence-electron chi connectivity index (χ3n) is 6.16. The summed E-state index contributed by atoms with van der Waals surface area (Å²) in [5.74, 6) is 0.658. The lowest BCUT2D eigenvalue weighted by Crippen LogP contribution is -2.55. The predicted molar refractivity (Wildman–Crippen MR) is 119 cm³/mol. The van der Waals surface area contributed by atoms with Crippen LogP contribution in [0.5, 0.6) is 5.75 Å². The van der Waals surface area contributed by atoms with Crippen molar-refractivity contribution < 1.29 is 39.7 Å². The zero-order valence-electron chi connectivity index (χ0n) is 18.0. The highest BCUT2D eigenvalue weighted by Crippen LogP contribution is 2.34. The molecule has 2 fully saturated rings. The van der Waals surface area contributed by atoms with Crippen molar-refractivity contribution in [1.82, 2.24) is 0 Å². The largest absolute Gasteiger partial charge is 0.488 e. The molecule has 0 aliphatic carbocycles. The Hall–Kier alpha value is -1.75. The molecule has 0 radical (unpaired) electrons. The molecule has 0 amide bonds. The summed E-state index contributed by atoms with van der Waals surface area (Å²) in [4.78, 5) is 0. The maximum Gasteiger partial charge on any atom is 0.129 e. The molecule has 7 atom stereocenters. The first-order valence-corrected chi connectivity index (χ1v) is 11.4. The Morgan fingerprint density at radius 2 is 1.73 bits per heavy atom. The van der Waals surface area contributed by atoms with E-state index in [2.05, 4.69) is 0 Å². The van der Waals surface area contributed by atoms with Gasteiger partial charge in [0.25, 0.3) is 0 Å². The Morgan fingerprint density at radius 1 is 0.970 bits per heavy atom. The first-order valence-electron chi connectivity index (χ1n) is 11.0. The zero-order chi connectivity index (χ0) is 23.5. The van der Waals surface area contributed by atoms with Gasteiger partial charge in [-0.1, -0.05) is 35.9 Å². The monoisotopic (exact) mass is 480 g/mol. The number of hydrogen-bond acceptors (Lipinski definition) is 8. The van der Waals surface area contributed by atoms with Crippen LogP contribution in [0.25, 0.3) is 0 Å². The van der Waals surface area contributed by atoms with E-state index in [4.69, 9.17) is 25.8 Å². The number of halogens is 1.